The number of halogens is 2. The van der Waals surface area contributed by atoms with Crippen molar-refractivity contribution < 1.29 is 37.6 Å². The normalized spacial score (nSPS) is 20.4. The SMILES string of the molecule is CC(C)OC(=O)OCOc1c2n(ccc1=O)N1C(c3ccccc3)c3cc(F)c(F)cc3OCCC1N(C)C2O. The molecule has 0 fully saturated rings. The predicted molar refractivity (Wildman–Crippen MR) is 138 cm³/mol. The van der Waals surface area contributed by atoms with Crippen molar-refractivity contribution >= 4 is 6.16 Å². The molecule has 1 aromatic heterocycles. The number of ether oxygens (including phenoxy) is 4. The third-order valence-electron chi connectivity index (χ3n) is 6.80. The number of carbonyl (C=O) groups excluding carboxylic acids is 1. The number of hydrogen-bond donors (Lipinski definition) is 1. The first-order chi connectivity index (χ1) is 19.2. The smallest absolute Gasteiger partial charge is 0.493 e. The number of fused-ring (bicyclic) bond motifs is 4. The zero-order valence-electron chi connectivity index (χ0n) is 22.1. The second kappa shape index (κ2) is 11.1. The van der Waals surface area contributed by atoms with E-state index in [1.165, 1.54) is 12.3 Å². The molecule has 12 heteroatoms. The lowest BCUT2D eigenvalue weighted by Gasteiger charge is -2.52. The molecule has 10 nitrogen and oxygen atoms in total. The number of rotatable bonds is 5. The summed E-state index contributed by atoms with van der Waals surface area (Å²) in [6, 6.07) is 11.8. The van der Waals surface area contributed by atoms with Crippen LogP contribution in [-0.4, -0.2) is 53.6 Å². The summed E-state index contributed by atoms with van der Waals surface area (Å²) in [6.45, 7) is 2.81. The predicted octanol–water partition coefficient (Wildman–Crippen LogP) is 3.80. The highest BCUT2D eigenvalue weighted by molar-refractivity contribution is 5.59. The molecule has 2 aliphatic rings. The van der Waals surface area contributed by atoms with Crippen molar-refractivity contribution in [3.05, 3.63) is 93.4 Å². The van der Waals surface area contributed by atoms with E-state index in [0.29, 0.717) is 12.0 Å². The van der Waals surface area contributed by atoms with Gasteiger partial charge in [-0.3, -0.25) is 19.4 Å². The van der Waals surface area contributed by atoms with Gasteiger partial charge in [0.25, 0.3) is 0 Å². The van der Waals surface area contributed by atoms with E-state index >= 15 is 0 Å². The number of aliphatic hydroxyl groups is 1. The van der Waals surface area contributed by atoms with Crippen LogP contribution in [0.2, 0.25) is 0 Å². The van der Waals surface area contributed by atoms with Gasteiger partial charge in [0.15, 0.2) is 23.6 Å². The fraction of sp³-hybridized carbons (Fsp3) is 0.357. The number of aliphatic hydroxyl groups excluding tert-OH is 1. The molecule has 3 aromatic rings. The van der Waals surface area contributed by atoms with Crippen LogP contribution in [0.5, 0.6) is 11.5 Å². The summed E-state index contributed by atoms with van der Waals surface area (Å²) in [4.78, 5) is 26.4. The van der Waals surface area contributed by atoms with E-state index in [-0.39, 0.29) is 23.8 Å². The molecule has 0 spiro atoms. The molecule has 40 heavy (non-hydrogen) atoms. The Morgan fingerprint density at radius 3 is 2.60 bits per heavy atom. The summed E-state index contributed by atoms with van der Waals surface area (Å²) in [7, 11) is 1.67. The molecule has 0 aliphatic carbocycles. The third kappa shape index (κ3) is 5.07. The molecule has 3 unspecified atom stereocenters. The van der Waals surface area contributed by atoms with E-state index < -0.39 is 54.6 Å². The molecule has 212 valence electrons. The van der Waals surface area contributed by atoms with Gasteiger partial charge in [0.05, 0.1) is 12.7 Å². The van der Waals surface area contributed by atoms with E-state index in [4.69, 9.17) is 18.9 Å². The summed E-state index contributed by atoms with van der Waals surface area (Å²) in [5.74, 6) is -2.14. The zero-order chi connectivity index (χ0) is 28.6. The highest BCUT2D eigenvalue weighted by Gasteiger charge is 2.44. The van der Waals surface area contributed by atoms with E-state index in [9.17, 15) is 23.5 Å². The maximum absolute atomic E-state index is 14.7. The van der Waals surface area contributed by atoms with Crippen LogP contribution in [0, 0.1) is 11.6 Å². The van der Waals surface area contributed by atoms with Gasteiger partial charge in [-0.25, -0.2) is 13.6 Å². The molecule has 0 saturated heterocycles. The maximum atomic E-state index is 14.7. The molecule has 3 atom stereocenters. The van der Waals surface area contributed by atoms with Gasteiger partial charge in [0, 0.05) is 30.3 Å². The Morgan fingerprint density at radius 1 is 1.15 bits per heavy atom. The maximum Gasteiger partial charge on any atom is 0.511 e. The van der Waals surface area contributed by atoms with Crippen LogP contribution in [0.25, 0.3) is 0 Å². The summed E-state index contributed by atoms with van der Waals surface area (Å²) in [6.07, 6.45) is -1.37. The Morgan fingerprint density at radius 2 is 1.88 bits per heavy atom. The van der Waals surface area contributed by atoms with Gasteiger partial charge >= 0.3 is 6.16 Å². The first-order valence-electron chi connectivity index (χ1n) is 12.7. The van der Waals surface area contributed by atoms with E-state index in [1.807, 2.05) is 35.3 Å². The van der Waals surface area contributed by atoms with Crippen LogP contribution in [0.1, 0.15) is 49.4 Å². The lowest BCUT2D eigenvalue weighted by molar-refractivity contribution is -0.0545. The number of aromatic nitrogens is 1. The minimum Gasteiger partial charge on any atom is -0.493 e. The minimum atomic E-state index is -1.31. The number of nitrogens with zero attached hydrogens (tertiary/aromatic N) is 3. The molecule has 0 radical (unpaired) electrons. The van der Waals surface area contributed by atoms with E-state index in [2.05, 4.69) is 0 Å². The Kier molecular flexibility index (Phi) is 7.63. The van der Waals surface area contributed by atoms with Crippen LogP contribution in [0.15, 0.2) is 59.5 Å². The standard InChI is InChI=1S/C28H29F2N3O7/c1-16(2)40-28(36)39-15-38-26-21(34)9-11-32-25(26)27(35)31(3)23-10-12-37-22-14-20(30)19(29)13-18(22)24(33(23)32)17-7-5-4-6-8-17/h4-9,11,13-14,16,23-24,27,35H,10,12,15H2,1-3H3. The number of pyridine rings is 1. The highest BCUT2D eigenvalue weighted by atomic mass is 19.2. The Bertz CT molecular complexity index is 1450. The zero-order valence-corrected chi connectivity index (χ0v) is 22.1. The van der Waals surface area contributed by atoms with Crippen molar-refractivity contribution in [3.63, 3.8) is 0 Å². The second-order valence-corrected chi connectivity index (χ2v) is 9.72. The Hall–Kier alpha value is -4.16. The lowest BCUT2D eigenvalue weighted by Crippen LogP contribution is -2.61. The fourth-order valence-electron chi connectivity index (χ4n) is 5.06. The first-order valence-corrected chi connectivity index (χ1v) is 12.7. The van der Waals surface area contributed by atoms with Crippen LogP contribution in [0.4, 0.5) is 13.6 Å². The Balaban J connectivity index is 1.65. The van der Waals surface area contributed by atoms with Gasteiger partial charge in [0.2, 0.25) is 12.2 Å². The molecular weight excluding hydrogens is 528 g/mol. The van der Waals surface area contributed by atoms with Gasteiger partial charge in [-0.2, -0.15) is 0 Å². The fourth-order valence-corrected chi connectivity index (χ4v) is 5.06. The van der Waals surface area contributed by atoms with Crippen LogP contribution < -0.4 is 19.9 Å². The topological polar surface area (TPSA) is 103 Å². The molecule has 5 rings (SSSR count). The van der Waals surface area contributed by atoms with E-state index in [0.717, 1.165) is 17.7 Å². The highest BCUT2D eigenvalue weighted by Crippen LogP contribution is 2.43. The number of benzene rings is 2. The van der Waals surface area contributed by atoms with Crippen LogP contribution in [-0.2, 0) is 9.47 Å². The average molecular weight is 558 g/mol. The lowest BCUT2D eigenvalue weighted by atomic mass is 9.94. The summed E-state index contributed by atoms with van der Waals surface area (Å²) < 4.78 is 51.9. The van der Waals surface area contributed by atoms with Gasteiger partial charge in [-0.15, -0.1) is 0 Å². The summed E-state index contributed by atoms with van der Waals surface area (Å²) in [5, 5.41) is 13.2. The quantitative estimate of drug-likeness (QED) is 0.371. The van der Waals surface area contributed by atoms with Crippen molar-refractivity contribution in [2.75, 3.05) is 25.5 Å². The van der Waals surface area contributed by atoms with Crippen molar-refractivity contribution in [1.82, 2.24) is 9.58 Å². The van der Waals surface area contributed by atoms with Gasteiger partial charge in [-0.05, 0) is 32.5 Å². The molecule has 0 saturated carbocycles. The number of hydrogen-bond acceptors (Lipinski definition) is 9. The monoisotopic (exact) mass is 557 g/mol. The van der Waals surface area contributed by atoms with Gasteiger partial charge in [-0.1, -0.05) is 30.3 Å². The van der Waals surface area contributed by atoms with Gasteiger partial charge < -0.3 is 24.1 Å². The molecule has 2 aliphatic heterocycles. The van der Waals surface area contributed by atoms with Crippen molar-refractivity contribution in [3.8, 4) is 11.5 Å². The first kappa shape index (κ1) is 27.4. The van der Waals surface area contributed by atoms with Crippen LogP contribution >= 0.6 is 0 Å². The third-order valence-corrected chi connectivity index (χ3v) is 6.80. The molecule has 0 bridgehead atoms. The second-order valence-electron chi connectivity index (χ2n) is 9.72. The average Bonchev–Trinajstić information content (AvgIpc) is 2.91. The van der Waals surface area contributed by atoms with E-state index in [1.54, 1.807) is 30.5 Å². The molecular formula is C28H29F2N3O7. The molecule has 0 amide bonds. The molecule has 1 N–H and O–H groups in total. The van der Waals surface area contributed by atoms with Crippen molar-refractivity contribution in [1.29, 1.82) is 0 Å². The number of carbonyl (C=O) groups is 1. The van der Waals surface area contributed by atoms with Gasteiger partial charge in [0.1, 0.15) is 23.7 Å². The largest absolute Gasteiger partial charge is 0.511 e. The summed E-state index contributed by atoms with van der Waals surface area (Å²) in [5.41, 5.74) is 0.588. The van der Waals surface area contributed by atoms with Crippen molar-refractivity contribution in [2.45, 2.75) is 44.8 Å². The minimum absolute atomic E-state index is 0.0682. The molecule has 3 heterocycles. The molecule has 2 aromatic carbocycles. The summed E-state index contributed by atoms with van der Waals surface area (Å²) >= 11 is 0. The van der Waals surface area contributed by atoms with Crippen molar-refractivity contribution in [2.24, 2.45) is 0 Å². The van der Waals surface area contributed by atoms with Crippen LogP contribution in [0.3, 0.4) is 0 Å². The Labute approximate surface area is 228 Å².